The van der Waals surface area contributed by atoms with Gasteiger partial charge in [-0.1, -0.05) is 71.1 Å². The molecule has 0 aromatic rings. The molecule has 0 radical (unpaired) electrons. The van der Waals surface area contributed by atoms with Gasteiger partial charge in [-0.3, -0.25) is 9.59 Å². The van der Waals surface area contributed by atoms with E-state index in [2.05, 4.69) is 19.9 Å². The first-order valence-corrected chi connectivity index (χ1v) is 24.0. The van der Waals surface area contributed by atoms with Crippen LogP contribution in [0.5, 0.6) is 0 Å². The summed E-state index contributed by atoms with van der Waals surface area (Å²) in [6, 6.07) is -1.01. The van der Waals surface area contributed by atoms with E-state index in [0.29, 0.717) is 81.9 Å². The molecule has 3 fully saturated rings. The molecule has 0 spiro atoms. The molecule has 13 heteroatoms. The molecule has 15 atom stereocenters. The Morgan fingerprint density at radius 3 is 2.27 bits per heavy atom. The summed E-state index contributed by atoms with van der Waals surface area (Å²) in [5, 5.41) is 43.0. The lowest BCUT2D eigenvalue weighted by molar-refractivity contribution is -0.265. The number of carbonyl (C=O) groups is 3. The van der Waals surface area contributed by atoms with Gasteiger partial charge in [0.05, 0.1) is 24.4 Å². The number of piperidine rings is 1. The van der Waals surface area contributed by atoms with Crippen molar-refractivity contribution in [2.75, 3.05) is 27.9 Å². The minimum atomic E-state index is -2.37. The van der Waals surface area contributed by atoms with Crippen LogP contribution in [0.4, 0.5) is 0 Å². The highest BCUT2D eigenvalue weighted by Gasteiger charge is 2.53. The van der Waals surface area contributed by atoms with E-state index in [-0.39, 0.29) is 48.3 Å². The molecule has 64 heavy (non-hydrogen) atoms. The topological polar surface area (TPSA) is 185 Å². The molecule has 13 nitrogen and oxygen atoms in total. The van der Waals surface area contributed by atoms with Crippen molar-refractivity contribution in [3.8, 4) is 0 Å². The molecular formula is C51H82N2O11. The highest BCUT2D eigenvalue weighted by atomic mass is 16.6. The van der Waals surface area contributed by atoms with Crippen LogP contribution in [0.15, 0.2) is 47.6 Å². The van der Waals surface area contributed by atoms with Gasteiger partial charge in [0, 0.05) is 45.9 Å². The van der Waals surface area contributed by atoms with Crippen molar-refractivity contribution in [3.63, 3.8) is 0 Å². The number of carbonyl (C=O) groups excluding carboxylic acids is 3. The Hall–Kier alpha value is -3.04. The Kier molecular flexibility index (Phi) is 21.1. The van der Waals surface area contributed by atoms with Gasteiger partial charge < -0.3 is 49.3 Å². The van der Waals surface area contributed by atoms with Crippen LogP contribution in [-0.2, 0) is 38.1 Å². The zero-order valence-corrected chi connectivity index (χ0v) is 40.5. The molecule has 4 aliphatic rings. The van der Waals surface area contributed by atoms with Crippen LogP contribution in [0.2, 0.25) is 0 Å². The van der Waals surface area contributed by atoms with Gasteiger partial charge in [0.25, 0.3) is 11.7 Å². The number of ether oxygens (including phenoxy) is 5. The van der Waals surface area contributed by atoms with E-state index in [1.165, 1.54) is 12.0 Å². The van der Waals surface area contributed by atoms with Gasteiger partial charge in [0.1, 0.15) is 24.4 Å². The second kappa shape index (κ2) is 25.2. The fourth-order valence-corrected chi connectivity index (χ4v) is 10.3. The van der Waals surface area contributed by atoms with Crippen LogP contribution < -0.4 is 0 Å². The molecule has 0 unspecified atom stereocenters. The molecule has 0 aromatic carbocycles. The molecule has 362 valence electrons. The van der Waals surface area contributed by atoms with Crippen molar-refractivity contribution in [1.29, 1.82) is 5.41 Å². The highest BCUT2D eigenvalue weighted by molar-refractivity contribution is 6.39. The van der Waals surface area contributed by atoms with Gasteiger partial charge in [-0.05, 0) is 132 Å². The second-order valence-corrected chi connectivity index (χ2v) is 19.7. The molecule has 0 aromatic heterocycles. The number of aliphatic hydroxyl groups excluding tert-OH is 2. The van der Waals surface area contributed by atoms with E-state index in [4.69, 9.17) is 29.1 Å². The molecular weight excluding hydrogens is 817 g/mol. The average molecular weight is 899 g/mol. The number of nitrogens with zero attached hydrogens (tertiary/aromatic N) is 1. The predicted molar refractivity (Wildman–Crippen MR) is 247 cm³/mol. The summed E-state index contributed by atoms with van der Waals surface area (Å²) in [4.78, 5) is 44.1. The molecule has 3 heterocycles. The quantitative estimate of drug-likeness (QED) is 0.118. The molecule has 1 saturated carbocycles. The number of amides is 1. The lowest BCUT2D eigenvalue weighted by Gasteiger charge is -2.42. The number of fused-ring (bicyclic) bond motifs is 3. The number of hydrogen-bond acceptors (Lipinski definition) is 12. The van der Waals surface area contributed by atoms with E-state index < -0.39 is 65.9 Å². The predicted octanol–water partition coefficient (Wildman–Crippen LogP) is 7.45. The number of aliphatic hydroxyl groups is 3. The van der Waals surface area contributed by atoms with Gasteiger partial charge in [-0.15, -0.1) is 0 Å². The van der Waals surface area contributed by atoms with Crippen LogP contribution in [0.1, 0.15) is 132 Å². The second-order valence-electron chi connectivity index (χ2n) is 19.7. The summed E-state index contributed by atoms with van der Waals surface area (Å²) in [6.07, 6.45) is 15.4. The smallest absolute Gasteiger partial charge is 0.329 e. The minimum absolute atomic E-state index is 0.0330. The fourth-order valence-electron chi connectivity index (χ4n) is 10.3. The Morgan fingerprint density at radius 1 is 0.844 bits per heavy atom. The fraction of sp³-hybridized carbons (Fsp3) is 0.765. The third kappa shape index (κ3) is 14.2. The van der Waals surface area contributed by atoms with Gasteiger partial charge in [0.2, 0.25) is 5.79 Å². The van der Waals surface area contributed by atoms with E-state index in [1.807, 2.05) is 58.1 Å². The highest BCUT2D eigenvalue weighted by Crippen LogP contribution is 2.38. The number of rotatable bonds is 6. The largest absolute Gasteiger partial charge is 0.461 e. The van der Waals surface area contributed by atoms with Crippen molar-refractivity contribution in [1.82, 2.24) is 4.90 Å². The number of allylic oxidation sites excluding steroid dienone is 6. The molecule has 1 aliphatic carbocycles. The number of esters is 1. The van der Waals surface area contributed by atoms with Crippen LogP contribution in [0, 0.1) is 40.9 Å². The number of cyclic esters (lactones) is 1. The standard InChI is InChI=1S/C51H82N2O11/c1-31-16-12-11-13-17-33(3)43(60-8)30-39-22-20-37(7)51(59,64-39)48(56)49(57)53-25-15-14-18-40(53)50(58)63-42(34(4)28-38-21-23-41(54)44(29-38)61-9)24-19-32(2)27-36(6)46(55)47(62-10)45(52)35(5)26-31/h11-13,16-17,27,31-32,34-35,37-44,46-47,52,54-55,59H,14-15,18-26,28-30H2,1-10H3/b13-11?,16-12+,33-17?,36-27+,52-45?/t31-,32+,34-,35-,37-,38+,39+,40+,41-,42+,43+,44-,46-,47+,51-/m1/s1. The Labute approximate surface area is 383 Å². The van der Waals surface area contributed by atoms with Crippen molar-refractivity contribution >= 4 is 23.4 Å². The zero-order valence-electron chi connectivity index (χ0n) is 40.5. The Morgan fingerprint density at radius 2 is 1.58 bits per heavy atom. The third-order valence-corrected chi connectivity index (χ3v) is 14.6. The van der Waals surface area contributed by atoms with Crippen LogP contribution in [-0.4, -0.2) is 126 Å². The molecule has 2 saturated heterocycles. The summed E-state index contributed by atoms with van der Waals surface area (Å²) in [5.74, 6) is -5.50. The summed E-state index contributed by atoms with van der Waals surface area (Å²) < 4.78 is 29.8. The zero-order chi connectivity index (χ0) is 47.3. The molecule has 4 N–H and O–H groups in total. The number of Topliss-reactive ketones (excluding diaryl/α,β-unsaturated/α-hetero) is 1. The van der Waals surface area contributed by atoms with Crippen molar-refractivity contribution in [2.24, 2.45) is 35.5 Å². The average Bonchev–Trinajstić information content (AvgIpc) is 3.27. The molecule has 2 bridgehead atoms. The lowest BCUT2D eigenvalue weighted by atomic mass is 9.78. The summed E-state index contributed by atoms with van der Waals surface area (Å²) in [7, 11) is 4.74. The first kappa shape index (κ1) is 53.6. The first-order chi connectivity index (χ1) is 30.3. The number of ketones is 1. The number of nitrogens with one attached hydrogen (secondary N) is 1. The van der Waals surface area contributed by atoms with Crippen LogP contribution in [0.25, 0.3) is 0 Å². The van der Waals surface area contributed by atoms with Crippen molar-refractivity contribution < 1.29 is 53.4 Å². The van der Waals surface area contributed by atoms with Gasteiger partial charge in [-0.2, -0.15) is 0 Å². The molecule has 3 aliphatic heterocycles. The third-order valence-electron chi connectivity index (χ3n) is 14.6. The van der Waals surface area contributed by atoms with Crippen molar-refractivity contribution in [2.45, 2.75) is 186 Å². The summed E-state index contributed by atoms with van der Waals surface area (Å²) in [6.45, 7) is 13.9. The summed E-state index contributed by atoms with van der Waals surface area (Å²) in [5.41, 5.74) is 1.94. The number of hydrogen-bond donors (Lipinski definition) is 4. The first-order valence-electron chi connectivity index (χ1n) is 24.0. The van der Waals surface area contributed by atoms with E-state index in [9.17, 15) is 29.7 Å². The maximum absolute atomic E-state index is 14.4. The number of methoxy groups -OCH3 is 3. The Bertz CT molecular complexity index is 1680. The summed E-state index contributed by atoms with van der Waals surface area (Å²) >= 11 is 0. The van der Waals surface area contributed by atoms with E-state index in [0.717, 1.165) is 18.4 Å². The normalized spacial score (nSPS) is 39.5. The molecule has 4 rings (SSSR count). The maximum Gasteiger partial charge on any atom is 0.329 e. The van der Waals surface area contributed by atoms with Crippen molar-refractivity contribution in [3.05, 3.63) is 47.6 Å². The lowest BCUT2D eigenvalue weighted by Crippen LogP contribution is -2.61. The van der Waals surface area contributed by atoms with Gasteiger partial charge in [0.15, 0.2) is 0 Å². The van der Waals surface area contributed by atoms with Crippen LogP contribution >= 0.6 is 0 Å². The van der Waals surface area contributed by atoms with Gasteiger partial charge >= 0.3 is 5.97 Å². The monoisotopic (exact) mass is 899 g/mol. The Balaban J connectivity index is 1.67. The maximum atomic E-state index is 14.4. The van der Waals surface area contributed by atoms with E-state index >= 15 is 0 Å². The minimum Gasteiger partial charge on any atom is -0.461 e. The van der Waals surface area contributed by atoms with E-state index in [1.54, 1.807) is 21.1 Å². The van der Waals surface area contributed by atoms with Gasteiger partial charge in [-0.25, -0.2) is 4.79 Å². The molecule has 1 amide bonds. The van der Waals surface area contributed by atoms with Crippen LogP contribution in [0.3, 0.4) is 0 Å². The SMILES string of the molecule is CO[C@H]1C[C@@H]2CC[C@@H](C)[C@@](O)(O2)C(=O)C(=O)N2CCCC[C@H]2C(=O)O[C@H]([C@H](C)C[C@@H]2CC[C@@H](O)[C@H](OC)C2)CC[C@H](C)/C=C(\C)[C@@H](O)[C@@H](OC)C(=N)[C@H](C)C[C@H](C)/C=C/C=CC=C1C.